The molecule has 0 aromatic heterocycles. The lowest BCUT2D eigenvalue weighted by molar-refractivity contribution is -0.120. The Kier molecular flexibility index (Phi) is 8.01. The fourth-order valence-corrected chi connectivity index (χ4v) is 3.12. The number of benzene rings is 1. The molecule has 2 aliphatic heterocycles. The van der Waals surface area contributed by atoms with Gasteiger partial charge in [-0.15, -0.1) is 24.8 Å². The fraction of sp³-hybridized carbons (Fsp3) is 0.562. The highest BCUT2D eigenvalue weighted by Crippen LogP contribution is 2.29. The second-order valence-electron chi connectivity index (χ2n) is 5.74. The SMILES string of the molecule is Cl.Cl.O=C(Nc1ccccc1N1CCCC1)[C@@H]1CCCNC1. The summed E-state index contributed by atoms with van der Waals surface area (Å²) in [6.07, 6.45) is 4.57. The second kappa shape index (κ2) is 9.23. The van der Waals surface area contributed by atoms with Gasteiger partial charge in [0, 0.05) is 19.6 Å². The lowest BCUT2D eigenvalue weighted by Gasteiger charge is -2.25. The van der Waals surface area contributed by atoms with Crippen molar-refractivity contribution < 1.29 is 4.79 Å². The molecule has 6 heteroatoms. The van der Waals surface area contributed by atoms with Crippen molar-refractivity contribution in [3.05, 3.63) is 24.3 Å². The van der Waals surface area contributed by atoms with Crippen LogP contribution >= 0.6 is 24.8 Å². The van der Waals surface area contributed by atoms with Crippen LogP contribution in [0.2, 0.25) is 0 Å². The van der Waals surface area contributed by atoms with Crippen molar-refractivity contribution in [2.24, 2.45) is 5.92 Å². The second-order valence-corrected chi connectivity index (χ2v) is 5.74. The molecular weight excluding hydrogens is 321 g/mol. The molecule has 2 saturated heterocycles. The van der Waals surface area contributed by atoms with Gasteiger partial charge < -0.3 is 15.5 Å². The smallest absolute Gasteiger partial charge is 0.228 e. The summed E-state index contributed by atoms with van der Waals surface area (Å²) >= 11 is 0. The molecule has 1 aromatic rings. The number of amides is 1. The molecule has 0 saturated carbocycles. The van der Waals surface area contributed by atoms with Gasteiger partial charge >= 0.3 is 0 Å². The van der Waals surface area contributed by atoms with Crippen molar-refractivity contribution in [1.82, 2.24) is 5.32 Å². The molecule has 2 heterocycles. The number of hydrogen-bond donors (Lipinski definition) is 2. The zero-order valence-electron chi connectivity index (χ0n) is 12.7. The molecule has 4 nitrogen and oxygen atoms in total. The van der Waals surface area contributed by atoms with Crippen molar-refractivity contribution in [2.75, 3.05) is 36.4 Å². The minimum atomic E-state index is 0. The van der Waals surface area contributed by atoms with Crippen molar-refractivity contribution in [2.45, 2.75) is 25.7 Å². The van der Waals surface area contributed by atoms with Crippen LogP contribution in [0.25, 0.3) is 0 Å². The molecule has 1 atom stereocenters. The first kappa shape index (κ1) is 19.1. The van der Waals surface area contributed by atoms with Gasteiger partial charge in [-0.2, -0.15) is 0 Å². The first-order valence-corrected chi connectivity index (χ1v) is 7.70. The lowest BCUT2D eigenvalue weighted by atomic mass is 9.98. The van der Waals surface area contributed by atoms with Gasteiger partial charge in [0.05, 0.1) is 17.3 Å². The summed E-state index contributed by atoms with van der Waals surface area (Å²) in [6, 6.07) is 8.17. The van der Waals surface area contributed by atoms with Crippen LogP contribution in [0.3, 0.4) is 0 Å². The predicted octanol–water partition coefficient (Wildman–Crippen LogP) is 3.07. The maximum Gasteiger partial charge on any atom is 0.228 e. The van der Waals surface area contributed by atoms with E-state index in [9.17, 15) is 4.79 Å². The molecular formula is C16H25Cl2N3O. The number of nitrogens with zero attached hydrogens (tertiary/aromatic N) is 1. The lowest BCUT2D eigenvalue weighted by Crippen LogP contribution is -2.37. The summed E-state index contributed by atoms with van der Waals surface area (Å²) < 4.78 is 0. The highest BCUT2D eigenvalue weighted by Gasteiger charge is 2.22. The number of rotatable bonds is 3. The number of nitrogens with one attached hydrogen (secondary N) is 2. The van der Waals surface area contributed by atoms with Gasteiger partial charge in [0.25, 0.3) is 0 Å². The summed E-state index contributed by atoms with van der Waals surface area (Å²) in [5, 5.41) is 6.44. The number of halogens is 2. The molecule has 0 spiro atoms. The number of hydrogen-bond acceptors (Lipinski definition) is 3. The van der Waals surface area contributed by atoms with Crippen molar-refractivity contribution in [3.8, 4) is 0 Å². The third-order valence-corrected chi connectivity index (χ3v) is 4.28. The third-order valence-electron chi connectivity index (χ3n) is 4.28. The van der Waals surface area contributed by atoms with Crippen LogP contribution in [0.15, 0.2) is 24.3 Å². The minimum Gasteiger partial charge on any atom is -0.370 e. The Balaban J connectivity index is 0.00000121. The topological polar surface area (TPSA) is 44.4 Å². The van der Waals surface area contributed by atoms with E-state index in [1.165, 1.54) is 18.5 Å². The summed E-state index contributed by atoms with van der Waals surface area (Å²) in [4.78, 5) is 14.7. The number of carbonyl (C=O) groups is 1. The fourth-order valence-electron chi connectivity index (χ4n) is 3.12. The Morgan fingerprint density at radius 2 is 1.86 bits per heavy atom. The number of piperidine rings is 1. The van der Waals surface area contributed by atoms with Crippen molar-refractivity contribution >= 4 is 42.1 Å². The maximum absolute atomic E-state index is 12.4. The van der Waals surface area contributed by atoms with E-state index >= 15 is 0 Å². The van der Waals surface area contributed by atoms with Crippen LogP contribution in [0.4, 0.5) is 11.4 Å². The van der Waals surface area contributed by atoms with E-state index in [4.69, 9.17) is 0 Å². The van der Waals surface area contributed by atoms with Gasteiger partial charge in [0.1, 0.15) is 0 Å². The molecule has 0 unspecified atom stereocenters. The molecule has 3 rings (SSSR count). The molecule has 0 bridgehead atoms. The highest BCUT2D eigenvalue weighted by atomic mass is 35.5. The summed E-state index contributed by atoms with van der Waals surface area (Å²) in [6.45, 7) is 4.03. The van der Waals surface area contributed by atoms with Crippen molar-refractivity contribution in [1.29, 1.82) is 0 Å². The minimum absolute atomic E-state index is 0. The van der Waals surface area contributed by atoms with Gasteiger partial charge in [-0.3, -0.25) is 4.79 Å². The van der Waals surface area contributed by atoms with Gasteiger partial charge in [-0.25, -0.2) is 0 Å². The van der Waals surface area contributed by atoms with Gasteiger partial charge in [-0.05, 0) is 44.4 Å². The summed E-state index contributed by atoms with van der Waals surface area (Å²) in [5.74, 6) is 0.263. The first-order valence-electron chi connectivity index (χ1n) is 7.70. The molecule has 124 valence electrons. The molecule has 22 heavy (non-hydrogen) atoms. The highest BCUT2D eigenvalue weighted by molar-refractivity contribution is 5.96. The Hall–Kier alpha value is -0.970. The largest absolute Gasteiger partial charge is 0.370 e. The Bertz CT molecular complexity index is 472. The Morgan fingerprint density at radius 3 is 2.55 bits per heavy atom. The summed E-state index contributed by atoms with van der Waals surface area (Å²) in [5.41, 5.74) is 2.13. The number of carbonyl (C=O) groups excluding carboxylic acids is 1. The van der Waals surface area contributed by atoms with Gasteiger partial charge in [0.15, 0.2) is 0 Å². The number of para-hydroxylation sites is 2. The molecule has 2 aliphatic rings. The van der Waals surface area contributed by atoms with Crippen LogP contribution in [0, 0.1) is 5.92 Å². The average molecular weight is 346 g/mol. The monoisotopic (exact) mass is 345 g/mol. The van der Waals surface area contributed by atoms with E-state index in [-0.39, 0.29) is 36.6 Å². The van der Waals surface area contributed by atoms with E-state index in [0.717, 1.165) is 44.7 Å². The van der Waals surface area contributed by atoms with E-state index in [1.807, 2.05) is 18.2 Å². The number of anilines is 2. The van der Waals surface area contributed by atoms with Crippen LogP contribution in [0.5, 0.6) is 0 Å². The maximum atomic E-state index is 12.4. The Morgan fingerprint density at radius 1 is 1.14 bits per heavy atom. The summed E-state index contributed by atoms with van der Waals surface area (Å²) in [7, 11) is 0. The molecule has 0 aliphatic carbocycles. The molecule has 2 fully saturated rings. The van der Waals surface area contributed by atoms with E-state index in [2.05, 4.69) is 21.6 Å². The van der Waals surface area contributed by atoms with E-state index in [0.29, 0.717) is 0 Å². The molecule has 1 aromatic carbocycles. The van der Waals surface area contributed by atoms with Crippen LogP contribution < -0.4 is 15.5 Å². The molecule has 0 radical (unpaired) electrons. The van der Waals surface area contributed by atoms with E-state index in [1.54, 1.807) is 0 Å². The third kappa shape index (κ3) is 4.51. The molecule has 2 N–H and O–H groups in total. The Labute approximate surface area is 144 Å². The standard InChI is InChI=1S/C16H23N3O.2ClH/c20-16(13-6-5-9-17-12-13)18-14-7-1-2-8-15(14)19-10-3-4-11-19;;/h1-2,7-8,13,17H,3-6,9-12H2,(H,18,20);2*1H/t13-;;/m1../s1. The normalized spacial score (nSPS) is 20.7. The van der Waals surface area contributed by atoms with Crippen LogP contribution in [-0.2, 0) is 4.79 Å². The van der Waals surface area contributed by atoms with Crippen LogP contribution in [0.1, 0.15) is 25.7 Å². The van der Waals surface area contributed by atoms with Gasteiger partial charge in [0.2, 0.25) is 5.91 Å². The van der Waals surface area contributed by atoms with Gasteiger partial charge in [-0.1, -0.05) is 12.1 Å². The average Bonchev–Trinajstić information content (AvgIpc) is 3.03. The first-order chi connectivity index (χ1) is 9.84. The quantitative estimate of drug-likeness (QED) is 0.884. The predicted molar refractivity (Wildman–Crippen MR) is 96.6 cm³/mol. The molecule has 1 amide bonds. The van der Waals surface area contributed by atoms with E-state index < -0.39 is 0 Å². The van der Waals surface area contributed by atoms with Crippen LogP contribution in [-0.4, -0.2) is 32.1 Å². The zero-order chi connectivity index (χ0) is 13.8. The van der Waals surface area contributed by atoms with Crippen molar-refractivity contribution in [3.63, 3.8) is 0 Å². The zero-order valence-corrected chi connectivity index (χ0v) is 14.3.